The van der Waals surface area contributed by atoms with Crippen LogP contribution in [-0.2, 0) is 11.2 Å². The first-order valence-electron chi connectivity index (χ1n) is 12.0. The second-order valence-corrected chi connectivity index (χ2v) is 8.93. The molecule has 0 aliphatic carbocycles. The van der Waals surface area contributed by atoms with Gasteiger partial charge in [-0.3, -0.25) is 0 Å². The van der Waals surface area contributed by atoms with E-state index in [1.807, 2.05) is 72.8 Å². The minimum Gasteiger partial charge on any atom is -0.478 e. The zero-order valence-electron chi connectivity index (χ0n) is 20.4. The molecule has 4 rings (SSSR count). The van der Waals surface area contributed by atoms with Crippen molar-refractivity contribution in [1.29, 1.82) is 0 Å². The molecule has 0 saturated heterocycles. The van der Waals surface area contributed by atoms with Crippen LogP contribution in [0.1, 0.15) is 52.1 Å². The molecule has 0 aliphatic rings. The number of amides is 1. The second-order valence-electron chi connectivity index (χ2n) is 8.49. The highest BCUT2D eigenvalue weighted by Crippen LogP contribution is 2.24. The maximum absolute atomic E-state index is 12.3. The van der Waals surface area contributed by atoms with Gasteiger partial charge in [0.1, 0.15) is 0 Å². The summed E-state index contributed by atoms with van der Waals surface area (Å²) in [5, 5.41) is 14.1. The molecule has 1 unspecified atom stereocenters. The minimum absolute atomic E-state index is 0.257. The number of carbonyl (C=O) groups excluding carboxylic acids is 1. The number of ether oxygens (including phenoxy) is 1. The first-order chi connectivity index (χ1) is 17.9. The molecule has 3 aromatic carbocycles. The van der Waals surface area contributed by atoms with Crippen LogP contribution in [0.2, 0.25) is 5.02 Å². The zero-order chi connectivity index (χ0) is 26.2. The smallest absolute Gasteiger partial charge is 0.407 e. The fourth-order valence-electron chi connectivity index (χ4n) is 4.14. The van der Waals surface area contributed by atoms with Gasteiger partial charge in [-0.05, 0) is 72.9 Å². The molecule has 0 fully saturated rings. The first-order valence-corrected chi connectivity index (χ1v) is 12.4. The number of halogens is 1. The Balaban J connectivity index is 1.56. The highest BCUT2D eigenvalue weighted by Gasteiger charge is 2.18. The summed E-state index contributed by atoms with van der Waals surface area (Å²) in [6.45, 7) is 2.00. The average Bonchev–Trinajstić information content (AvgIpc) is 2.90. The molecule has 37 heavy (non-hydrogen) atoms. The Hall–Kier alpha value is -4.16. The summed E-state index contributed by atoms with van der Waals surface area (Å²) in [7, 11) is 0. The van der Waals surface area contributed by atoms with Crippen LogP contribution in [-0.4, -0.2) is 28.8 Å². The Kier molecular flexibility index (Phi) is 8.54. The van der Waals surface area contributed by atoms with E-state index in [1.165, 1.54) is 0 Å². The molecule has 6 nitrogen and oxygen atoms in total. The summed E-state index contributed by atoms with van der Waals surface area (Å²) >= 11 is 6.11. The second kappa shape index (κ2) is 12.2. The topological polar surface area (TPSA) is 88.5 Å². The number of carbonyl (C=O) groups is 2. The van der Waals surface area contributed by atoms with Crippen molar-refractivity contribution < 1.29 is 19.4 Å². The Bertz CT molecular complexity index is 1450. The summed E-state index contributed by atoms with van der Waals surface area (Å²) < 4.78 is 5.11. The number of carboxylic acid groups (broad SMARTS) is 1. The van der Waals surface area contributed by atoms with E-state index in [-0.39, 0.29) is 18.2 Å². The van der Waals surface area contributed by atoms with Crippen LogP contribution < -0.4 is 5.32 Å². The van der Waals surface area contributed by atoms with Gasteiger partial charge < -0.3 is 15.2 Å². The molecule has 1 atom stereocenters. The lowest BCUT2D eigenvalue weighted by Gasteiger charge is -2.20. The average molecular weight is 515 g/mol. The molecule has 0 radical (unpaired) electrons. The molecule has 7 heteroatoms. The molecule has 1 heterocycles. The molecule has 1 amide bonds. The number of fused-ring (bicyclic) bond motifs is 1. The van der Waals surface area contributed by atoms with E-state index >= 15 is 0 Å². The summed E-state index contributed by atoms with van der Waals surface area (Å²) in [6.07, 6.45) is 4.35. The van der Waals surface area contributed by atoms with Crippen molar-refractivity contribution in [1.82, 2.24) is 10.3 Å². The third-order valence-electron chi connectivity index (χ3n) is 5.95. The number of aromatic carboxylic acids is 1. The van der Waals surface area contributed by atoms with Gasteiger partial charge in [0.15, 0.2) is 0 Å². The molecule has 4 aromatic rings. The fraction of sp³-hybridized carbons (Fsp3) is 0.167. The van der Waals surface area contributed by atoms with Crippen LogP contribution in [0.15, 0.2) is 78.9 Å². The molecule has 0 spiro atoms. The van der Waals surface area contributed by atoms with Crippen LogP contribution in [0.4, 0.5) is 4.79 Å². The number of aryl methyl sites for hydroxylation is 1. The lowest BCUT2D eigenvalue weighted by atomic mass is 9.95. The predicted octanol–water partition coefficient (Wildman–Crippen LogP) is 7.18. The van der Waals surface area contributed by atoms with Gasteiger partial charge in [0.2, 0.25) is 0 Å². The standard InChI is InChI=1S/C30H27ClN2O4/c1-2-37-30(36)33-27(17-13-21-7-3-4-9-26(21)29(34)35)23-8-5-6-20(18-23)10-15-25-16-12-22-11-14-24(31)19-28(22)32-25/h3-12,14-16,18-19,27H,2,13,17H2,1H3,(H,33,36)(H,34,35)/b15-10+. The number of alkyl carbamates (subject to hydrolysis) is 1. The van der Waals surface area contributed by atoms with Crippen molar-refractivity contribution in [2.24, 2.45) is 0 Å². The number of hydrogen-bond donors (Lipinski definition) is 2. The quantitative estimate of drug-likeness (QED) is 0.247. The molecular weight excluding hydrogens is 488 g/mol. The van der Waals surface area contributed by atoms with E-state index in [0.29, 0.717) is 23.4 Å². The van der Waals surface area contributed by atoms with Crippen LogP contribution in [0.3, 0.4) is 0 Å². The van der Waals surface area contributed by atoms with Crippen molar-refractivity contribution in [2.45, 2.75) is 25.8 Å². The van der Waals surface area contributed by atoms with Crippen LogP contribution in [0, 0.1) is 0 Å². The number of aromatic nitrogens is 1. The number of pyridine rings is 1. The molecule has 188 valence electrons. The number of hydrogen-bond acceptors (Lipinski definition) is 4. The maximum atomic E-state index is 12.3. The van der Waals surface area contributed by atoms with Gasteiger partial charge in [0.25, 0.3) is 0 Å². The molecule has 1 aromatic heterocycles. The minimum atomic E-state index is -0.970. The molecular formula is C30H27ClN2O4. The van der Waals surface area contributed by atoms with Gasteiger partial charge in [0.05, 0.1) is 29.4 Å². The van der Waals surface area contributed by atoms with E-state index in [9.17, 15) is 14.7 Å². The molecule has 2 N–H and O–H groups in total. The largest absolute Gasteiger partial charge is 0.478 e. The lowest BCUT2D eigenvalue weighted by Crippen LogP contribution is -2.29. The molecule has 0 aliphatic heterocycles. The number of rotatable bonds is 9. The van der Waals surface area contributed by atoms with Crippen LogP contribution in [0.25, 0.3) is 23.1 Å². The highest BCUT2D eigenvalue weighted by atomic mass is 35.5. The summed E-state index contributed by atoms with van der Waals surface area (Å²) in [6, 6.07) is 23.9. The molecule has 0 saturated carbocycles. The van der Waals surface area contributed by atoms with Crippen LogP contribution in [0.5, 0.6) is 0 Å². The van der Waals surface area contributed by atoms with Crippen molar-refractivity contribution in [3.8, 4) is 0 Å². The van der Waals surface area contributed by atoms with E-state index in [4.69, 9.17) is 16.3 Å². The van der Waals surface area contributed by atoms with Crippen LogP contribution >= 0.6 is 11.6 Å². The monoisotopic (exact) mass is 514 g/mol. The lowest BCUT2D eigenvalue weighted by molar-refractivity contribution is 0.0695. The van der Waals surface area contributed by atoms with Crippen molar-refractivity contribution in [2.75, 3.05) is 6.61 Å². The van der Waals surface area contributed by atoms with E-state index in [0.717, 1.165) is 27.7 Å². The van der Waals surface area contributed by atoms with Gasteiger partial charge in [-0.25, -0.2) is 14.6 Å². The van der Waals surface area contributed by atoms with Gasteiger partial charge in [-0.15, -0.1) is 0 Å². The number of nitrogens with zero attached hydrogens (tertiary/aromatic N) is 1. The number of nitrogens with one attached hydrogen (secondary N) is 1. The Morgan fingerprint density at radius 3 is 2.65 bits per heavy atom. The van der Waals surface area contributed by atoms with E-state index < -0.39 is 12.1 Å². The van der Waals surface area contributed by atoms with Gasteiger partial charge in [0, 0.05) is 10.4 Å². The fourth-order valence-corrected chi connectivity index (χ4v) is 4.31. The third-order valence-corrected chi connectivity index (χ3v) is 6.19. The zero-order valence-corrected chi connectivity index (χ0v) is 21.1. The van der Waals surface area contributed by atoms with Gasteiger partial charge in [-0.2, -0.15) is 0 Å². The van der Waals surface area contributed by atoms with Crippen molar-refractivity contribution in [3.05, 3.63) is 112 Å². The summed E-state index contributed by atoms with van der Waals surface area (Å²) in [5.41, 5.74) is 4.42. The van der Waals surface area contributed by atoms with Crippen molar-refractivity contribution >= 4 is 46.7 Å². The number of carboxylic acids is 1. The normalized spacial score (nSPS) is 11.9. The van der Waals surface area contributed by atoms with Gasteiger partial charge >= 0.3 is 12.1 Å². The summed E-state index contributed by atoms with van der Waals surface area (Å²) in [5.74, 6) is -0.970. The van der Waals surface area contributed by atoms with Crippen molar-refractivity contribution in [3.63, 3.8) is 0 Å². The SMILES string of the molecule is CCOC(=O)NC(CCc1ccccc1C(=O)O)c1cccc(/C=C/c2ccc3ccc(Cl)cc3n2)c1. The Morgan fingerprint density at radius 2 is 1.84 bits per heavy atom. The van der Waals surface area contributed by atoms with E-state index in [1.54, 1.807) is 25.1 Å². The number of benzene rings is 3. The third kappa shape index (κ3) is 6.96. The molecule has 0 bridgehead atoms. The van der Waals surface area contributed by atoms with Gasteiger partial charge in [-0.1, -0.05) is 66.2 Å². The predicted molar refractivity (Wildman–Crippen MR) is 147 cm³/mol. The Labute approximate surface area is 220 Å². The summed E-state index contributed by atoms with van der Waals surface area (Å²) in [4.78, 5) is 28.6. The van der Waals surface area contributed by atoms with E-state index in [2.05, 4.69) is 10.3 Å². The Morgan fingerprint density at radius 1 is 1.03 bits per heavy atom. The highest BCUT2D eigenvalue weighted by molar-refractivity contribution is 6.31. The first kappa shape index (κ1) is 25.9. The maximum Gasteiger partial charge on any atom is 0.407 e.